The Morgan fingerprint density at radius 1 is 1.15 bits per heavy atom. The second-order valence-corrected chi connectivity index (χ2v) is 7.76. The summed E-state index contributed by atoms with van der Waals surface area (Å²) in [6, 6.07) is 14.4. The zero-order valence-electron chi connectivity index (χ0n) is 14.5. The van der Waals surface area contributed by atoms with Crippen LogP contribution in [0.3, 0.4) is 0 Å². The van der Waals surface area contributed by atoms with Gasteiger partial charge in [-0.05, 0) is 31.4 Å². The maximum absolute atomic E-state index is 5.45. The molecular weight excluding hydrogens is 364 g/mol. The number of hydrogen-bond donors (Lipinski definition) is 0. The van der Waals surface area contributed by atoms with Crippen LogP contribution in [0.5, 0.6) is 0 Å². The van der Waals surface area contributed by atoms with Gasteiger partial charge in [0.05, 0.1) is 10.6 Å². The Labute approximate surface area is 160 Å². The van der Waals surface area contributed by atoms with E-state index in [4.69, 9.17) is 4.52 Å². The predicted molar refractivity (Wildman–Crippen MR) is 105 cm³/mol. The van der Waals surface area contributed by atoms with Gasteiger partial charge in [-0.2, -0.15) is 0 Å². The first-order chi connectivity index (χ1) is 12.7. The van der Waals surface area contributed by atoms with Crippen molar-refractivity contribution in [3.8, 4) is 22.0 Å². The number of thioether (sulfide) groups is 1. The van der Waals surface area contributed by atoms with Crippen LogP contribution in [0.4, 0.5) is 0 Å². The molecule has 0 bridgehead atoms. The van der Waals surface area contributed by atoms with Crippen LogP contribution in [0.25, 0.3) is 22.0 Å². The predicted octanol–water partition coefficient (Wildman–Crippen LogP) is 5.28. The molecule has 0 amide bonds. The minimum atomic E-state index is 0.695. The van der Waals surface area contributed by atoms with Crippen molar-refractivity contribution < 1.29 is 4.52 Å². The van der Waals surface area contributed by atoms with Crippen molar-refractivity contribution in [3.63, 3.8) is 0 Å². The van der Waals surface area contributed by atoms with Crippen molar-refractivity contribution in [3.05, 3.63) is 59.1 Å². The lowest BCUT2D eigenvalue weighted by Gasteiger charge is -2.07. The van der Waals surface area contributed by atoms with Crippen LogP contribution in [-0.4, -0.2) is 19.9 Å². The van der Waals surface area contributed by atoms with E-state index in [1.807, 2.05) is 29.6 Å². The molecule has 0 saturated carbocycles. The zero-order chi connectivity index (χ0) is 17.9. The van der Waals surface area contributed by atoms with Crippen molar-refractivity contribution in [2.24, 2.45) is 0 Å². The second kappa shape index (κ2) is 7.47. The average Bonchev–Trinajstić information content (AvgIpc) is 3.38. The Morgan fingerprint density at radius 2 is 2.08 bits per heavy atom. The smallest absolute Gasteiger partial charge is 0.191 e. The van der Waals surface area contributed by atoms with Gasteiger partial charge >= 0.3 is 0 Å². The summed E-state index contributed by atoms with van der Waals surface area (Å²) in [5.74, 6) is 2.41. The van der Waals surface area contributed by atoms with E-state index in [2.05, 4.69) is 52.0 Å². The van der Waals surface area contributed by atoms with E-state index in [1.165, 1.54) is 5.56 Å². The van der Waals surface area contributed by atoms with Gasteiger partial charge in [-0.25, -0.2) is 0 Å². The van der Waals surface area contributed by atoms with Crippen LogP contribution in [0, 0.1) is 6.92 Å². The van der Waals surface area contributed by atoms with E-state index >= 15 is 0 Å². The normalized spacial score (nSPS) is 11.2. The molecular formula is C19H18N4OS2. The quantitative estimate of drug-likeness (QED) is 0.425. The largest absolute Gasteiger partial charge is 0.355 e. The summed E-state index contributed by atoms with van der Waals surface area (Å²) in [5, 5.41) is 15.9. The summed E-state index contributed by atoms with van der Waals surface area (Å²) in [6.07, 6.45) is 0. The summed E-state index contributed by atoms with van der Waals surface area (Å²) in [5.41, 5.74) is 3.21. The minimum absolute atomic E-state index is 0.695. The van der Waals surface area contributed by atoms with Crippen LogP contribution < -0.4 is 0 Å². The van der Waals surface area contributed by atoms with Crippen LogP contribution in [-0.2, 0) is 12.3 Å². The molecule has 0 N–H and O–H groups in total. The third-order valence-corrected chi connectivity index (χ3v) is 5.87. The van der Waals surface area contributed by atoms with Gasteiger partial charge in [0.15, 0.2) is 16.7 Å². The molecule has 0 saturated heterocycles. The lowest BCUT2D eigenvalue weighted by Crippen LogP contribution is -2.00. The third-order valence-electron chi connectivity index (χ3n) is 3.98. The maximum atomic E-state index is 5.45. The molecule has 26 heavy (non-hydrogen) atoms. The monoisotopic (exact) mass is 382 g/mol. The minimum Gasteiger partial charge on any atom is -0.355 e. The first-order valence-electron chi connectivity index (χ1n) is 8.37. The van der Waals surface area contributed by atoms with Crippen molar-refractivity contribution in [1.82, 2.24) is 19.9 Å². The molecule has 0 aliphatic carbocycles. The maximum Gasteiger partial charge on any atom is 0.191 e. The van der Waals surface area contributed by atoms with Gasteiger partial charge in [-0.15, -0.1) is 21.5 Å². The average molecular weight is 383 g/mol. The summed E-state index contributed by atoms with van der Waals surface area (Å²) in [4.78, 5) is 1.09. The highest BCUT2D eigenvalue weighted by molar-refractivity contribution is 7.98. The van der Waals surface area contributed by atoms with E-state index in [0.29, 0.717) is 5.75 Å². The summed E-state index contributed by atoms with van der Waals surface area (Å²) in [7, 11) is 0. The molecule has 0 aliphatic rings. The summed E-state index contributed by atoms with van der Waals surface area (Å²) < 4.78 is 7.58. The highest BCUT2D eigenvalue weighted by atomic mass is 32.2. The Hall–Kier alpha value is -2.38. The molecule has 132 valence electrons. The van der Waals surface area contributed by atoms with E-state index < -0.39 is 0 Å². The number of hydrogen-bond acceptors (Lipinski definition) is 6. The Bertz CT molecular complexity index is 1000. The molecule has 5 nitrogen and oxygen atoms in total. The SMILES string of the molecule is CCn1c(SCc2cc(-c3cccs3)on2)nnc1-c1cccc(C)c1. The fourth-order valence-corrected chi connectivity index (χ4v) is 4.29. The summed E-state index contributed by atoms with van der Waals surface area (Å²) >= 11 is 3.27. The Morgan fingerprint density at radius 3 is 2.85 bits per heavy atom. The van der Waals surface area contributed by atoms with Crippen molar-refractivity contribution in [2.45, 2.75) is 31.3 Å². The van der Waals surface area contributed by atoms with E-state index in [0.717, 1.165) is 39.4 Å². The summed E-state index contributed by atoms with van der Waals surface area (Å²) in [6.45, 7) is 5.01. The Kier molecular flexibility index (Phi) is 4.90. The molecule has 4 rings (SSSR count). The van der Waals surface area contributed by atoms with Crippen LogP contribution in [0.1, 0.15) is 18.2 Å². The van der Waals surface area contributed by atoms with E-state index in [1.54, 1.807) is 23.1 Å². The molecule has 0 radical (unpaired) electrons. The van der Waals surface area contributed by atoms with Crippen LogP contribution in [0.2, 0.25) is 0 Å². The Balaban J connectivity index is 1.52. The molecule has 1 aromatic carbocycles. The molecule has 0 aliphatic heterocycles. The molecule has 0 unspecified atom stereocenters. The van der Waals surface area contributed by atoms with E-state index in [-0.39, 0.29) is 0 Å². The van der Waals surface area contributed by atoms with Gasteiger partial charge in [0.2, 0.25) is 0 Å². The van der Waals surface area contributed by atoms with E-state index in [9.17, 15) is 0 Å². The molecule has 7 heteroatoms. The zero-order valence-corrected chi connectivity index (χ0v) is 16.2. The van der Waals surface area contributed by atoms with Crippen LogP contribution >= 0.6 is 23.1 Å². The molecule has 0 fully saturated rings. The van der Waals surface area contributed by atoms with Gasteiger partial charge in [0.1, 0.15) is 0 Å². The first kappa shape index (κ1) is 17.1. The molecule has 4 aromatic rings. The van der Waals surface area contributed by atoms with Gasteiger partial charge < -0.3 is 9.09 Å². The standard InChI is InChI=1S/C19H18N4OS2/c1-3-23-18(14-7-4-6-13(2)10-14)20-21-19(23)26-12-15-11-16(24-22-15)17-8-5-9-25-17/h4-11H,3,12H2,1-2H3. The highest BCUT2D eigenvalue weighted by Crippen LogP contribution is 2.29. The molecule has 3 aromatic heterocycles. The number of aromatic nitrogens is 4. The number of thiophene rings is 1. The number of rotatable bonds is 6. The third kappa shape index (κ3) is 3.45. The number of aryl methyl sites for hydroxylation is 1. The number of benzene rings is 1. The first-order valence-corrected chi connectivity index (χ1v) is 10.2. The highest BCUT2D eigenvalue weighted by Gasteiger charge is 2.15. The van der Waals surface area contributed by atoms with Gasteiger partial charge in [0, 0.05) is 23.9 Å². The van der Waals surface area contributed by atoms with Gasteiger partial charge in [-0.1, -0.05) is 46.7 Å². The lowest BCUT2D eigenvalue weighted by atomic mass is 10.1. The van der Waals surface area contributed by atoms with Crippen LogP contribution in [0.15, 0.2) is 57.5 Å². The topological polar surface area (TPSA) is 56.7 Å². The number of nitrogens with zero attached hydrogens (tertiary/aromatic N) is 4. The van der Waals surface area contributed by atoms with Gasteiger partial charge in [-0.3, -0.25) is 0 Å². The lowest BCUT2D eigenvalue weighted by molar-refractivity contribution is 0.427. The molecule has 0 atom stereocenters. The van der Waals surface area contributed by atoms with Crippen molar-refractivity contribution in [2.75, 3.05) is 0 Å². The van der Waals surface area contributed by atoms with Gasteiger partial charge in [0.25, 0.3) is 0 Å². The molecule has 3 heterocycles. The molecule has 0 spiro atoms. The van der Waals surface area contributed by atoms with Crippen molar-refractivity contribution >= 4 is 23.1 Å². The second-order valence-electron chi connectivity index (χ2n) is 5.87. The fraction of sp³-hybridized carbons (Fsp3) is 0.211. The fourth-order valence-electron chi connectivity index (χ4n) is 2.73. The van der Waals surface area contributed by atoms with Crippen molar-refractivity contribution in [1.29, 1.82) is 0 Å².